The molecule has 2 aliphatic carbocycles. The largest absolute Gasteiger partial charge is 0.394 e. The van der Waals surface area contributed by atoms with E-state index in [-0.39, 0.29) is 12.6 Å². The van der Waals surface area contributed by atoms with Gasteiger partial charge < -0.3 is 15.7 Å². The monoisotopic (exact) mass is 268 g/mol. The Bertz CT molecular complexity index is 299. The Morgan fingerprint density at radius 2 is 1.89 bits per heavy atom. The molecule has 0 bridgehead atoms. The molecule has 110 valence electrons. The van der Waals surface area contributed by atoms with Crippen LogP contribution in [0.2, 0.25) is 0 Å². The summed E-state index contributed by atoms with van der Waals surface area (Å²) >= 11 is 0. The molecule has 0 aromatic heterocycles. The zero-order chi connectivity index (χ0) is 13.7. The van der Waals surface area contributed by atoms with Crippen LogP contribution in [-0.4, -0.2) is 29.8 Å². The van der Waals surface area contributed by atoms with Crippen LogP contribution < -0.4 is 10.6 Å². The van der Waals surface area contributed by atoms with Crippen LogP contribution in [-0.2, 0) is 0 Å². The molecule has 4 heteroatoms. The first-order valence-corrected chi connectivity index (χ1v) is 7.81. The molecule has 0 saturated heterocycles. The molecule has 0 aliphatic heterocycles. The van der Waals surface area contributed by atoms with Gasteiger partial charge in [0.05, 0.1) is 12.1 Å². The van der Waals surface area contributed by atoms with E-state index in [4.69, 9.17) is 0 Å². The summed E-state index contributed by atoms with van der Waals surface area (Å²) in [5, 5.41) is 15.3. The lowest BCUT2D eigenvalue weighted by Gasteiger charge is -2.29. The van der Waals surface area contributed by atoms with Gasteiger partial charge in [0.1, 0.15) is 0 Å². The minimum absolute atomic E-state index is 0.0215. The lowest BCUT2D eigenvalue weighted by Crippen LogP contribution is -2.54. The van der Waals surface area contributed by atoms with E-state index in [1.54, 1.807) is 0 Å². The fourth-order valence-corrected chi connectivity index (χ4v) is 3.16. The molecule has 2 fully saturated rings. The third-order valence-corrected chi connectivity index (χ3v) is 4.77. The number of nitrogens with one attached hydrogen (secondary N) is 2. The highest BCUT2D eigenvalue weighted by molar-refractivity contribution is 5.74. The Morgan fingerprint density at radius 3 is 2.47 bits per heavy atom. The van der Waals surface area contributed by atoms with Crippen molar-refractivity contribution < 1.29 is 9.90 Å². The second-order valence-electron chi connectivity index (χ2n) is 6.52. The smallest absolute Gasteiger partial charge is 0.315 e. The fourth-order valence-electron chi connectivity index (χ4n) is 3.16. The fraction of sp³-hybridized carbons (Fsp3) is 0.933. The topological polar surface area (TPSA) is 61.4 Å². The summed E-state index contributed by atoms with van der Waals surface area (Å²) in [5.41, 5.74) is -0.436. The molecule has 2 aliphatic rings. The van der Waals surface area contributed by atoms with E-state index >= 15 is 0 Å². The van der Waals surface area contributed by atoms with Gasteiger partial charge in [-0.3, -0.25) is 0 Å². The highest BCUT2D eigenvalue weighted by atomic mass is 16.3. The Kier molecular flexibility index (Phi) is 5.08. The van der Waals surface area contributed by atoms with Crippen LogP contribution in [0.4, 0.5) is 4.79 Å². The maximum absolute atomic E-state index is 11.9. The summed E-state index contributed by atoms with van der Waals surface area (Å²) in [5.74, 6) is 1.24. The number of aliphatic hydroxyl groups excluding tert-OH is 1. The quantitative estimate of drug-likeness (QED) is 0.693. The van der Waals surface area contributed by atoms with Gasteiger partial charge in [0.2, 0.25) is 0 Å². The first kappa shape index (κ1) is 14.6. The van der Waals surface area contributed by atoms with Gasteiger partial charge in [-0.1, -0.05) is 32.1 Å². The van der Waals surface area contributed by atoms with Crippen LogP contribution in [0.1, 0.15) is 58.3 Å². The predicted molar refractivity (Wildman–Crippen MR) is 75.9 cm³/mol. The van der Waals surface area contributed by atoms with Gasteiger partial charge in [0.15, 0.2) is 0 Å². The van der Waals surface area contributed by atoms with Crippen LogP contribution in [0, 0.1) is 11.8 Å². The molecule has 3 N–H and O–H groups in total. The van der Waals surface area contributed by atoms with E-state index in [1.807, 2.05) is 6.92 Å². The standard InChI is InChI=1S/C15H28N2O2/c1-15(11-18,13-7-8-13)17-14(19)16-10-9-12-5-3-2-4-6-12/h12-13,18H,2-11H2,1H3,(H2,16,17,19). The van der Waals surface area contributed by atoms with Crippen molar-refractivity contribution in [3.8, 4) is 0 Å². The highest BCUT2D eigenvalue weighted by Gasteiger charge is 2.42. The average molecular weight is 268 g/mol. The summed E-state index contributed by atoms with van der Waals surface area (Å²) in [7, 11) is 0. The van der Waals surface area contributed by atoms with E-state index < -0.39 is 5.54 Å². The molecule has 0 heterocycles. The van der Waals surface area contributed by atoms with Crippen molar-refractivity contribution in [2.75, 3.05) is 13.2 Å². The lowest BCUT2D eigenvalue weighted by atomic mass is 9.87. The number of amides is 2. The third-order valence-electron chi connectivity index (χ3n) is 4.77. The molecule has 4 nitrogen and oxygen atoms in total. The minimum atomic E-state index is -0.436. The Morgan fingerprint density at radius 1 is 1.21 bits per heavy atom. The van der Waals surface area contributed by atoms with Crippen LogP contribution in [0.25, 0.3) is 0 Å². The van der Waals surface area contributed by atoms with E-state index in [0.717, 1.165) is 31.7 Å². The van der Waals surface area contributed by atoms with Crippen molar-refractivity contribution in [1.29, 1.82) is 0 Å². The van der Waals surface area contributed by atoms with Gasteiger partial charge in [-0.15, -0.1) is 0 Å². The van der Waals surface area contributed by atoms with E-state index in [0.29, 0.717) is 5.92 Å². The van der Waals surface area contributed by atoms with Gasteiger partial charge in [-0.2, -0.15) is 0 Å². The molecule has 0 radical (unpaired) electrons. The molecular formula is C15H28N2O2. The Hall–Kier alpha value is -0.770. The number of hydrogen-bond acceptors (Lipinski definition) is 2. The van der Waals surface area contributed by atoms with Gasteiger partial charge in [-0.25, -0.2) is 4.79 Å². The lowest BCUT2D eigenvalue weighted by molar-refractivity contribution is 0.155. The average Bonchev–Trinajstić information content (AvgIpc) is 3.24. The summed E-state index contributed by atoms with van der Waals surface area (Å²) in [6, 6.07) is -0.126. The number of carbonyl (C=O) groups excluding carboxylic acids is 1. The molecular weight excluding hydrogens is 240 g/mol. The van der Waals surface area contributed by atoms with Gasteiger partial charge in [0.25, 0.3) is 0 Å². The van der Waals surface area contributed by atoms with Crippen molar-refractivity contribution in [3.05, 3.63) is 0 Å². The summed E-state index contributed by atoms with van der Waals surface area (Å²) in [6.45, 7) is 2.71. The minimum Gasteiger partial charge on any atom is -0.394 e. The molecule has 1 atom stereocenters. The second-order valence-corrected chi connectivity index (χ2v) is 6.52. The molecule has 2 amide bonds. The van der Waals surface area contributed by atoms with Gasteiger partial charge in [0, 0.05) is 6.54 Å². The second kappa shape index (κ2) is 6.60. The van der Waals surface area contributed by atoms with Crippen LogP contribution in [0.3, 0.4) is 0 Å². The Balaban J connectivity index is 1.63. The van der Waals surface area contributed by atoms with E-state index in [2.05, 4.69) is 10.6 Å². The molecule has 1 unspecified atom stereocenters. The normalized spacial score (nSPS) is 23.7. The van der Waals surface area contributed by atoms with Gasteiger partial charge >= 0.3 is 6.03 Å². The maximum Gasteiger partial charge on any atom is 0.315 e. The predicted octanol–water partition coefficient (Wildman–Crippen LogP) is 2.42. The number of aliphatic hydroxyl groups is 1. The van der Waals surface area contributed by atoms with Crippen molar-refractivity contribution >= 4 is 6.03 Å². The van der Waals surface area contributed by atoms with Crippen LogP contribution >= 0.6 is 0 Å². The highest BCUT2D eigenvalue weighted by Crippen LogP contribution is 2.39. The summed E-state index contributed by atoms with van der Waals surface area (Å²) in [4.78, 5) is 11.9. The first-order valence-electron chi connectivity index (χ1n) is 7.81. The SMILES string of the molecule is CC(CO)(NC(=O)NCCC1CCCCC1)C1CC1. The van der Waals surface area contributed by atoms with Crippen molar-refractivity contribution in [3.63, 3.8) is 0 Å². The molecule has 2 saturated carbocycles. The van der Waals surface area contributed by atoms with Crippen LogP contribution in [0.5, 0.6) is 0 Å². The number of hydrogen-bond donors (Lipinski definition) is 3. The molecule has 19 heavy (non-hydrogen) atoms. The van der Waals surface area contributed by atoms with E-state index in [9.17, 15) is 9.90 Å². The van der Waals surface area contributed by atoms with Crippen molar-refractivity contribution in [2.45, 2.75) is 63.8 Å². The maximum atomic E-state index is 11.9. The first-order chi connectivity index (χ1) is 9.14. The summed E-state index contributed by atoms with van der Waals surface area (Å²) in [6.07, 6.45) is 10.0. The Labute approximate surface area is 116 Å². The zero-order valence-electron chi connectivity index (χ0n) is 12.1. The molecule has 2 rings (SSSR count). The molecule has 0 spiro atoms. The number of rotatable bonds is 6. The number of carbonyl (C=O) groups is 1. The molecule has 0 aromatic carbocycles. The third kappa shape index (κ3) is 4.37. The number of urea groups is 1. The van der Waals surface area contributed by atoms with Crippen molar-refractivity contribution in [2.24, 2.45) is 11.8 Å². The van der Waals surface area contributed by atoms with Crippen LogP contribution in [0.15, 0.2) is 0 Å². The van der Waals surface area contributed by atoms with Gasteiger partial charge in [-0.05, 0) is 38.0 Å². The zero-order valence-corrected chi connectivity index (χ0v) is 12.1. The molecule has 0 aromatic rings. The van der Waals surface area contributed by atoms with E-state index in [1.165, 1.54) is 32.1 Å². The summed E-state index contributed by atoms with van der Waals surface area (Å²) < 4.78 is 0. The van der Waals surface area contributed by atoms with Crippen molar-refractivity contribution in [1.82, 2.24) is 10.6 Å².